The number of aromatic nitrogens is 1. The van der Waals surface area contributed by atoms with Gasteiger partial charge in [-0.2, -0.15) is 5.26 Å². The van der Waals surface area contributed by atoms with Gasteiger partial charge >= 0.3 is 0 Å². The molecule has 1 aliphatic rings. The van der Waals surface area contributed by atoms with Crippen LogP contribution in [0.15, 0.2) is 47.6 Å². The number of benzene rings is 1. The van der Waals surface area contributed by atoms with Gasteiger partial charge in [0, 0.05) is 6.20 Å². The number of hydrogen-bond acceptors (Lipinski definition) is 4. The smallest absolute Gasteiger partial charge is 0.230 e. The van der Waals surface area contributed by atoms with Gasteiger partial charge in [0.1, 0.15) is 0 Å². The highest BCUT2D eigenvalue weighted by molar-refractivity contribution is 7.99. The third kappa shape index (κ3) is 4.36. The highest BCUT2D eigenvalue weighted by Crippen LogP contribution is 2.41. The van der Waals surface area contributed by atoms with Crippen molar-refractivity contribution in [3.8, 4) is 6.07 Å². The van der Waals surface area contributed by atoms with Crippen LogP contribution in [-0.2, 0) is 4.79 Å². The Kier molecular flexibility index (Phi) is 5.17. The summed E-state index contributed by atoms with van der Waals surface area (Å²) in [7, 11) is 0. The SMILES string of the molecule is Cc1ccc([C@@H](NC(=O)CSc2cc(C#N)ccn2)C2CC2)cc1. The highest BCUT2D eigenvalue weighted by atomic mass is 32.2. The van der Waals surface area contributed by atoms with Gasteiger partial charge in [0.15, 0.2) is 0 Å². The van der Waals surface area contributed by atoms with E-state index >= 15 is 0 Å². The van der Waals surface area contributed by atoms with E-state index in [2.05, 4.69) is 47.6 Å². The second-order valence-corrected chi connectivity index (χ2v) is 7.07. The lowest BCUT2D eigenvalue weighted by Crippen LogP contribution is -2.31. The normalized spacial score (nSPS) is 14.7. The number of nitrogens with zero attached hydrogens (tertiary/aromatic N) is 2. The first-order valence-corrected chi connectivity index (χ1v) is 8.99. The summed E-state index contributed by atoms with van der Waals surface area (Å²) >= 11 is 1.36. The Morgan fingerprint density at radius 1 is 1.38 bits per heavy atom. The second kappa shape index (κ2) is 7.50. The van der Waals surface area contributed by atoms with Gasteiger partial charge in [-0.15, -0.1) is 0 Å². The van der Waals surface area contributed by atoms with Crippen molar-refractivity contribution in [1.29, 1.82) is 5.26 Å². The number of thioether (sulfide) groups is 1. The quantitative estimate of drug-likeness (QED) is 0.818. The van der Waals surface area contributed by atoms with Crippen LogP contribution in [-0.4, -0.2) is 16.6 Å². The zero-order valence-electron chi connectivity index (χ0n) is 13.5. The summed E-state index contributed by atoms with van der Waals surface area (Å²) in [6.45, 7) is 2.06. The molecule has 0 aliphatic heterocycles. The van der Waals surface area contributed by atoms with E-state index in [1.54, 1.807) is 18.3 Å². The van der Waals surface area contributed by atoms with Crippen LogP contribution in [0.1, 0.15) is 35.6 Å². The van der Waals surface area contributed by atoms with E-state index in [9.17, 15) is 4.79 Å². The Hall–Kier alpha value is -2.32. The standard InChI is InChI=1S/C19H19N3OS/c1-13-2-4-15(5-3-13)19(16-6-7-16)22-17(23)12-24-18-10-14(11-20)8-9-21-18/h2-5,8-10,16,19H,6-7,12H2,1H3,(H,22,23)/t19-/m1/s1. The Labute approximate surface area is 146 Å². The number of carbonyl (C=O) groups is 1. The molecule has 0 radical (unpaired) electrons. The lowest BCUT2D eigenvalue weighted by atomic mass is 10.0. The number of pyridine rings is 1. The van der Waals surface area contributed by atoms with Crippen molar-refractivity contribution in [2.24, 2.45) is 5.92 Å². The molecule has 1 atom stereocenters. The van der Waals surface area contributed by atoms with Crippen LogP contribution in [0.4, 0.5) is 0 Å². The minimum atomic E-state index is 0.00151. The maximum Gasteiger partial charge on any atom is 0.230 e. The van der Waals surface area contributed by atoms with Crippen molar-refractivity contribution in [3.05, 3.63) is 59.3 Å². The van der Waals surface area contributed by atoms with Crippen molar-refractivity contribution in [2.45, 2.75) is 30.8 Å². The highest BCUT2D eigenvalue weighted by Gasteiger charge is 2.33. The van der Waals surface area contributed by atoms with Crippen LogP contribution in [0, 0.1) is 24.2 Å². The van der Waals surface area contributed by atoms with E-state index in [1.165, 1.54) is 22.9 Å². The summed E-state index contributed by atoms with van der Waals surface area (Å²) in [6.07, 6.45) is 3.92. The third-order valence-corrected chi connectivity index (χ3v) is 4.99. The van der Waals surface area contributed by atoms with Gasteiger partial charge in [-0.1, -0.05) is 41.6 Å². The monoisotopic (exact) mass is 337 g/mol. The maximum absolute atomic E-state index is 12.3. The fourth-order valence-corrected chi connectivity index (χ4v) is 3.30. The summed E-state index contributed by atoms with van der Waals surface area (Å²) < 4.78 is 0. The number of hydrogen-bond donors (Lipinski definition) is 1. The van der Waals surface area contributed by atoms with Crippen LogP contribution in [0.25, 0.3) is 0 Å². The molecule has 1 heterocycles. The molecule has 3 rings (SSSR count). The number of aryl methyl sites for hydroxylation is 1. The second-order valence-electron chi connectivity index (χ2n) is 6.08. The topological polar surface area (TPSA) is 65.8 Å². The molecule has 4 nitrogen and oxygen atoms in total. The van der Waals surface area contributed by atoms with Gasteiger partial charge in [-0.3, -0.25) is 4.79 Å². The molecule has 1 aromatic heterocycles. The average molecular weight is 337 g/mol. The van der Waals surface area contributed by atoms with Crippen LogP contribution >= 0.6 is 11.8 Å². The first-order chi connectivity index (χ1) is 11.7. The molecule has 1 N–H and O–H groups in total. The molecule has 0 spiro atoms. The lowest BCUT2D eigenvalue weighted by molar-refractivity contribution is -0.119. The van der Waals surface area contributed by atoms with E-state index in [4.69, 9.17) is 5.26 Å². The number of carbonyl (C=O) groups excluding carboxylic acids is 1. The van der Waals surface area contributed by atoms with E-state index < -0.39 is 0 Å². The summed E-state index contributed by atoms with van der Waals surface area (Å²) in [5.74, 6) is 0.847. The van der Waals surface area contributed by atoms with Crippen LogP contribution < -0.4 is 5.32 Å². The fourth-order valence-electron chi connectivity index (χ4n) is 2.59. The van der Waals surface area contributed by atoms with Crippen molar-refractivity contribution in [3.63, 3.8) is 0 Å². The molecular weight excluding hydrogens is 318 g/mol. The van der Waals surface area contributed by atoms with Gasteiger partial charge in [-0.05, 0) is 43.4 Å². The summed E-state index contributed by atoms with van der Waals surface area (Å²) in [4.78, 5) is 16.5. The fraction of sp³-hybridized carbons (Fsp3) is 0.316. The van der Waals surface area contributed by atoms with Crippen molar-refractivity contribution < 1.29 is 4.79 Å². The maximum atomic E-state index is 12.3. The Balaban J connectivity index is 1.60. The van der Waals surface area contributed by atoms with E-state index in [1.807, 2.05) is 0 Å². The first-order valence-electron chi connectivity index (χ1n) is 8.00. The zero-order chi connectivity index (χ0) is 16.9. The molecule has 1 saturated carbocycles. The summed E-state index contributed by atoms with van der Waals surface area (Å²) in [5.41, 5.74) is 2.95. The number of nitrogens with one attached hydrogen (secondary N) is 1. The minimum Gasteiger partial charge on any atom is -0.348 e. The molecule has 5 heteroatoms. The van der Waals surface area contributed by atoms with Crippen LogP contribution in [0.5, 0.6) is 0 Å². The molecule has 24 heavy (non-hydrogen) atoms. The molecule has 0 unspecified atom stereocenters. The molecule has 1 fully saturated rings. The molecule has 1 amide bonds. The van der Waals surface area contributed by atoms with E-state index in [0.29, 0.717) is 22.3 Å². The van der Waals surface area contributed by atoms with Crippen molar-refractivity contribution in [2.75, 3.05) is 5.75 Å². The summed E-state index contributed by atoms with van der Waals surface area (Å²) in [5, 5.41) is 12.8. The van der Waals surface area contributed by atoms with E-state index in [0.717, 1.165) is 12.8 Å². The summed E-state index contributed by atoms with van der Waals surface area (Å²) in [6, 6.07) is 13.9. The number of amides is 1. The largest absolute Gasteiger partial charge is 0.348 e. The molecule has 0 saturated heterocycles. The minimum absolute atomic E-state index is 0.00151. The molecule has 2 aromatic rings. The van der Waals surface area contributed by atoms with Crippen molar-refractivity contribution >= 4 is 17.7 Å². The molecule has 122 valence electrons. The number of nitriles is 1. The first kappa shape index (κ1) is 16.5. The van der Waals surface area contributed by atoms with E-state index in [-0.39, 0.29) is 11.9 Å². The molecular formula is C19H19N3OS. The molecule has 0 bridgehead atoms. The lowest BCUT2D eigenvalue weighted by Gasteiger charge is -2.19. The van der Waals surface area contributed by atoms with Gasteiger partial charge in [0.05, 0.1) is 28.5 Å². The van der Waals surface area contributed by atoms with Crippen LogP contribution in [0.2, 0.25) is 0 Å². The molecule has 1 aliphatic carbocycles. The molecule has 1 aromatic carbocycles. The van der Waals surface area contributed by atoms with Gasteiger partial charge < -0.3 is 5.32 Å². The zero-order valence-corrected chi connectivity index (χ0v) is 14.3. The average Bonchev–Trinajstić information content (AvgIpc) is 3.44. The van der Waals surface area contributed by atoms with Gasteiger partial charge in [-0.25, -0.2) is 4.98 Å². The Morgan fingerprint density at radius 2 is 2.12 bits per heavy atom. The van der Waals surface area contributed by atoms with Gasteiger partial charge in [0.2, 0.25) is 5.91 Å². The predicted molar refractivity (Wildman–Crippen MR) is 94.5 cm³/mol. The Morgan fingerprint density at radius 3 is 2.79 bits per heavy atom. The number of rotatable bonds is 6. The Bertz CT molecular complexity index is 763. The predicted octanol–water partition coefficient (Wildman–Crippen LogP) is 3.62. The van der Waals surface area contributed by atoms with Gasteiger partial charge in [0.25, 0.3) is 0 Å². The van der Waals surface area contributed by atoms with Crippen LogP contribution in [0.3, 0.4) is 0 Å². The van der Waals surface area contributed by atoms with Crippen molar-refractivity contribution in [1.82, 2.24) is 10.3 Å². The third-order valence-electron chi connectivity index (χ3n) is 4.06.